The lowest BCUT2D eigenvalue weighted by Crippen LogP contribution is -1.98. The van der Waals surface area contributed by atoms with Crippen LogP contribution in [0.25, 0.3) is 11.3 Å². The van der Waals surface area contributed by atoms with Crippen molar-refractivity contribution in [2.24, 2.45) is 7.05 Å². The van der Waals surface area contributed by atoms with Crippen LogP contribution in [0.4, 0.5) is 5.82 Å². The minimum absolute atomic E-state index is 0.612. The van der Waals surface area contributed by atoms with Crippen LogP contribution in [0.3, 0.4) is 0 Å². The first kappa shape index (κ1) is 12.3. The topological polar surface area (TPSA) is 62.3 Å². The standard InChI is InChI=1S/C13H14BrN3O2/c1-17-11(15)7-10(16-17)8-3-4-9(14)13-12(8)18-5-2-6-19-13/h3-4,7H,2,5-6,15H2,1H3. The first-order valence-corrected chi connectivity index (χ1v) is 6.84. The second-order valence-electron chi connectivity index (χ2n) is 4.38. The minimum Gasteiger partial charge on any atom is -0.489 e. The number of nitrogen functional groups attached to an aromatic ring is 1. The van der Waals surface area contributed by atoms with Gasteiger partial charge in [-0.3, -0.25) is 4.68 Å². The molecule has 2 heterocycles. The summed E-state index contributed by atoms with van der Waals surface area (Å²) in [4.78, 5) is 0. The van der Waals surface area contributed by atoms with Gasteiger partial charge in [0.05, 0.1) is 23.4 Å². The van der Waals surface area contributed by atoms with Crippen molar-refractivity contribution in [2.75, 3.05) is 18.9 Å². The molecule has 3 rings (SSSR count). The molecular weight excluding hydrogens is 310 g/mol. The van der Waals surface area contributed by atoms with Gasteiger partial charge in [0, 0.05) is 25.1 Å². The van der Waals surface area contributed by atoms with Crippen molar-refractivity contribution in [2.45, 2.75) is 6.42 Å². The molecule has 1 aliphatic heterocycles. The van der Waals surface area contributed by atoms with Crippen LogP contribution >= 0.6 is 15.9 Å². The van der Waals surface area contributed by atoms with Crippen molar-refractivity contribution in [3.8, 4) is 22.8 Å². The second kappa shape index (κ2) is 4.77. The zero-order chi connectivity index (χ0) is 13.4. The molecule has 0 spiro atoms. The summed E-state index contributed by atoms with van der Waals surface area (Å²) in [6.07, 6.45) is 0.866. The van der Waals surface area contributed by atoms with E-state index in [1.54, 1.807) is 4.68 Å². The Morgan fingerprint density at radius 1 is 1.26 bits per heavy atom. The van der Waals surface area contributed by atoms with Gasteiger partial charge in [0.1, 0.15) is 5.82 Å². The fourth-order valence-electron chi connectivity index (χ4n) is 2.04. The molecule has 1 aromatic heterocycles. The number of rotatable bonds is 1. The van der Waals surface area contributed by atoms with Crippen LogP contribution in [-0.4, -0.2) is 23.0 Å². The van der Waals surface area contributed by atoms with E-state index in [-0.39, 0.29) is 0 Å². The number of benzene rings is 1. The maximum Gasteiger partial charge on any atom is 0.176 e. The van der Waals surface area contributed by atoms with Crippen molar-refractivity contribution < 1.29 is 9.47 Å². The third kappa shape index (κ3) is 2.16. The molecule has 19 heavy (non-hydrogen) atoms. The molecule has 0 aliphatic carbocycles. The van der Waals surface area contributed by atoms with E-state index in [2.05, 4.69) is 21.0 Å². The van der Waals surface area contributed by atoms with Crippen LogP contribution in [0, 0.1) is 0 Å². The maximum absolute atomic E-state index is 5.83. The van der Waals surface area contributed by atoms with Gasteiger partial charge < -0.3 is 15.2 Å². The van der Waals surface area contributed by atoms with Crippen LogP contribution < -0.4 is 15.2 Å². The molecule has 0 atom stereocenters. The number of fused-ring (bicyclic) bond motifs is 1. The van der Waals surface area contributed by atoms with Gasteiger partial charge in [-0.25, -0.2) is 0 Å². The number of ether oxygens (including phenoxy) is 2. The molecule has 0 radical (unpaired) electrons. The first-order chi connectivity index (χ1) is 9.16. The van der Waals surface area contributed by atoms with Crippen molar-refractivity contribution in [1.82, 2.24) is 9.78 Å². The zero-order valence-electron chi connectivity index (χ0n) is 10.5. The smallest absolute Gasteiger partial charge is 0.176 e. The largest absolute Gasteiger partial charge is 0.489 e. The normalized spacial score (nSPS) is 14.2. The van der Waals surface area contributed by atoms with Crippen molar-refractivity contribution >= 4 is 21.7 Å². The Labute approximate surface area is 119 Å². The Morgan fingerprint density at radius 2 is 2.00 bits per heavy atom. The van der Waals surface area contributed by atoms with Gasteiger partial charge in [-0.1, -0.05) is 0 Å². The summed E-state index contributed by atoms with van der Waals surface area (Å²) in [6.45, 7) is 1.29. The number of nitrogens with zero attached hydrogens (tertiary/aromatic N) is 2. The second-order valence-corrected chi connectivity index (χ2v) is 5.24. The van der Waals surface area contributed by atoms with Crippen LogP contribution in [0.5, 0.6) is 11.5 Å². The van der Waals surface area contributed by atoms with Crippen LogP contribution in [0.2, 0.25) is 0 Å². The van der Waals surface area contributed by atoms with Gasteiger partial charge in [0.15, 0.2) is 11.5 Å². The van der Waals surface area contributed by atoms with E-state index in [9.17, 15) is 0 Å². The van der Waals surface area contributed by atoms with Gasteiger partial charge in [0.2, 0.25) is 0 Å². The Hall–Kier alpha value is -1.69. The number of nitrogens with two attached hydrogens (primary N) is 1. The molecule has 0 unspecified atom stereocenters. The predicted molar refractivity (Wildman–Crippen MR) is 76.4 cm³/mol. The van der Waals surface area contributed by atoms with Gasteiger partial charge in [-0.2, -0.15) is 5.10 Å². The van der Waals surface area contributed by atoms with Crippen molar-refractivity contribution in [3.63, 3.8) is 0 Å². The van der Waals surface area contributed by atoms with Crippen LogP contribution in [0.15, 0.2) is 22.7 Å². The van der Waals surface area contributed by atoms with E-state index in [1.165, 1.54) is 0 Å². The summed E-state index contributed by atoms with van der Waals surface area (Å²) < 4.78 is 14.1. The molecule has 100 valence electrons. The van der Waals surface area contributed by atoms with Crippen LogP contribution in [0.1, 0.15) is 6.42 Å². The zero-order valence-corrected chi connectivity index (χ0v) is 12.1. The lowest BCUT2D eigenvalue weighted by atomic mass is 10.1. The van der Waals surface area contributed by atoms with Crippen LogP contribution in [-0.2, 0) is 7.05 Å². The fourth-order valence-corrected chi connectivity index (χ4v) is 2.47. The highest BCUT2D eigenvalue weighted by Gasteiger charge is 2.20. The third-order valence-electron chi connectivity index (χ3n) is 3.04. The van der Waals surface area contributed by atoms with Gasteiger partial charge >= 0.3 is 0 Å². The van der Waals surface area contributed by atoms with E-state index in [0.717, 1.165) is 33.6 Å². The number of anilines is 1. The summed E-state index contributed by atoms with van der Waals surface area (Å²) in [5.41, 5.74) is 7.52. The average Bonchev–Trinajstić information content (AvgIpc) is 2.62. The lowest BCUT2D eigenvalue weighted by molar-refractivity contribution is 0.296. The molecule has 0 bridgehead atoms. The molecule has 6 heteroatoms. The number of aryl methyl sites for hydroxylation is 1. The molecule has 5 nitrogen and oxygen atoms in total. The number of hydrogen-bond donors (Lipinski definition) is 1. The van der Waals surface area contributed by atoms with E-state index in [1.807, 2.05) is 25.2 Å². The number of aromatic nitrogens is 2. The SMILES string of the molecule is Cn1nc(-c2ccc(Br)c3c2OCCCO3)cc1N. The summed E-state index contributed by atoms with van der Waals surface area (Å²) in [6, 6.07) is 5.73. The highest BCUT2D eigenvalue weighted by atomic mass is 79.9. The highest BCUT2D eigenvalue weighted by molar-refractivity contribution is 9.10. The molecule has 0 saturated heterocycles. The minimum atomic E-state index is 0.612. The average molecular weight is 324 g/mol. The van der Waals surface area contributed by atoms with E-state index in [0.29, 0.717) is 19.0 Å². The van der Waals surface area contributed by atoms with E-state index >= 15 is 0 Å². The first-order valence-electron chi connectivity index (χ1n) is 6.05. The summed E-state index contributed by atoms with van der Waals surface area (Å²) in [5.74, 6) is 2.07. The quantitative estimate of drug-likeness (QED) is 0.876. The lowest BCUT2D eigenvalue weighted by Gasteiger charge is -2.12. The van der Waals surface area contributed by atoms with Gasteiger partial charge in [-0.15, -0.1) is 0 Å². The maximum atomic E-state index is 5.83. The van der Waals surface area contributed by atoms with E-state index in [4.69, 9.17) is 15.2 Å². The van der Waals surface area contributed by atoms with Crippen molar-refractivity contribution in [1.29, 1.82) is 0 Å². The number of hydrogen-bond acceptors (Lipinski definition) is 4. The molecule has 2 N–H and O–H groups in total. The Morgan fingerprint density at radius 3 is 2.68 bits per heavy atom. The number of halogens is 1. The monoisotopic (exact) mass is 323 g/mol. The van der Waals surface area contributed by atoms with Crippen molar-refractivity contribution in [3.05, 3.63) is 22.7 Å². The summed E-state index contributed by atoms with van der Waals surface area (Å²) in [5, 5.41) is 4.39. The molecule has 1 aliphatic rings. The Kier molecular flexibility index (Phi) is 3.10. The Bertz CT molecular complexity index is 605. The Balaban J connectivity index is 2.16. The summed E-state index contributed by atoms with van der Waals surface area (Å²) in [7, 11) is 1.81. The highest BCUT2D eigenvalue weighted by Crippen LogP contribution is 2.44. The molecule has 0 amide bonds. The fraction of sp³-hybridized carbons (Fsp3) is 0.308. The summed E-state index contributed by atoms with van der Waals surface area (Å²) >= 11 is 3.49. The molecule has 1 aromatic carbocycles. The molecule has 0 saturated carbocycles. The molecule has 0 fully saturated rings. The van der Waals surface area contributed by atoms with E-state index < -0.39 is 0 Å². The third-order valence-corrected chi connectivity index (χ3v) is 3.66. The molecule has 2 aromatic rings. The van der Waals surface area contributed by atoms with Gasteiger partial charge in [0.25, 0.3) is 0 Å². The molecular formula is C13H14BrN3O2. The predicted octanol–water partition coefficient (Wildman–Crippen LogP) is 2.59. The van der Waals surface area contributed by atoms with Gasteiger partial charge in [-0.05, 0) is 28.1 Å².